The van der Waals surface area contributed by atoms with Crippen LogP contribution >= 0.6 is 0 Å². The van der Waals surface area contributed by atoms with Gasteiger partial charge in [-0.3, -0.25) is 9.69 Å². The van der Waals surface area contributed by atoms with E-state index in [0.29, 0.717) is 0 Å². The van der Waals surface area contributed by atoms with Gasteiger partial charge in [0.15, 0.2) is 0 Å². The number of aryl methyl sites for hydroxylation is 1. The van der Waals surface area contributed by atoms with Crippen molar-refractivity contribution in [2.24, 2.45) is 0 Å². The monoisotopic (exact) mass is 290 g/mol. The number of hydrogen-bond acceptors (Lipinski definition) is 2. The van der Waals surface area contributed by atoms with Crippen LogP contribution in [0.15, 0.2) is 24.3 Å². The number of carbonyl (C=O) groups is 2. The second-order valence-electron chi connectivity index (χ2n) is 5.98. The smallest absolute Gasteiger partial charge is 0.322 e. The molecule has 0 bridgehead atoms. The third kappa shape index (κ3) is 3.97. The molecule has 1 aromatic rings. The number of anilines is 1. The van der Waals surface area contributed by atoms with Crippen molar-refractivity contribution in [1.82, 2.24) is 5.32 Å². The molecule has 114 valence electrons. The van der Waals surface area contributed by atoms with E-state index in [1.165, 1.54) is 4.90 Å². The molecule has 5 nitrogen and oxygen atoms in total. The van der Waals surface area contributed by atoms with E-state index in [2.05, 4.69) is 5.32 Å². The average molecular weight is 290 g/mol. The van der Waals surface area contributed by atoms with Crippen molar-refractivity contribution in [3.63, 3.8) is 0 Å². The fourth-order valence-electron chi connectivity index (χ4n) is 2.44. The highest BCUT2D eigenvalue weighted by Crippen LogP contribution is 2.31. The van der Waals surface area contributed by atoms with Crippen LogP contribution in [0.1, 0.15) is 38.2 Å². The zero-order valence-electron chi connectivity index (χ0n) is 12.6. The maximum absolute atomic E-state index is 12.5. The molecule has 2 rings (SSSR count). The first kappa shape index (κ1) is 15.4. The van der Waals surface area contributed by atoms with Gasteiger partial charge in [-0.25, -0.2) is 4.79 Å². The molecule has 0 radical (unpaired) electrons. The second-order valence-corrected chi connectivity index (χ2v) is 5.98. The van der Waals surface area contributed by atoms with Gasteiger partial charge in [0.2, 0.25) is 0 Å². The summed E-state index contributed by atoms with van der Waals surface area (Å²) in [4.78, 5) is 24.8. The van der Waals surface area contributed by atoms with E-state index in [4.69, 9.17) is 5.11 Å². The fraction of sp³-hybridized carbons (Fsp3) is 0.500. The highest BCUT2D eigenvalue weighted by molar-refractivity contribution is 5.93. The van der Waals surface area contributed by atoms with E-state index < -0.39 is 5.97 Å². The molecule has 2 amide bonds. The number of nitrogens with one attached hydrogen (secondary N) is 1. The number of rotatable bonds is 5. The fourth-order valence-corrected chi connectivity index (χ4v) is 2.44. The molecule has 1 aliphatic carbocycles. The van der Waals surface area contributed by atoms with E-state index in [1.807, 2.05) is 38.1 Å². The lowest BCUT2D eigenvalue weighted by Gasteiger charge is -2.40. The van der Waals surface area contributed by atoms with Crippen molar-refractivity contribution in [1.29, 1.82) is 0 Å². The van der Waals surface area contributed by atoms with Gasteiger partial charge in [0, 0.05) is 17.8 Å². The number of carboxylic acid groups (broad SMARTS) is 1. The number of urea groups is 1. The SMILES string of the molecule is Cc1ccc(N(CCC(=O)O)C(=O)NC2(C)CCC2)cc1. The summed E-state index contributed by atoms with van der Waals surface area (Å²) in [7, 11) is 0. The van der Waals surface area contributed by atoms with Crippen LogP contribution in [0.5, 0.6) is 0 Å². The maximum atomic E-state index is 12.5. The molecule has 21 heavy (non-hydrogen) atoms. The number of aliphatic carboxylic acids is 1. The van der Waals surface area contributed by atoms with E-state index in [1.54, 1.807) is 0 Å². The predicted octanol–water partition coefficient (Wildman–Crippen LogP) is 2.93. The average Bonchev–Trinajstić information content (AvgIpc) is 2.39. The van der Waals surface area contributed by atoms with Gasteiger partial charge >= 0.3 is 12.0 Å². The number of nitrogens with zero attached hydrogens (tertiary/aromatic N) is 1. The molecule has 0 heterocycles. The molecule has 5 heteroatoms. The molecule has 1 aliphatic rings. The Bertz CT molecular complexity index is 521. The molecule has 0 saturated heterocycles. The lowest BCUT2D eigenvalue weighted by atomic mass is 9.79. The van der Waals surface area contributed by atoms with E-state index in [-0.39, 0.29) is 24.5 Å². The Morgan fingerprint density at radius 3 is 2.38 bits per heavy atom. The Labute approximate surface area is 125 Å². The van der Waals surface area contributed by atoms with Crippen molar-refractivity contribution >= 4 is 17.7 Å². The minimum absolute atomic E-state index is 0.0714. The standard InChI is InChI=1S/C16H22N2O3/c1-12-4-6-13(7-5-12)18(11-8-14(19)20)15(21)17-16(2)9-3-10-16/h4-7H,3,8-11H2,1-2H3,(H,17,21)(H,19,20). The largest absolute Gasteiger partial charge is 0.481 e. The van der Waals surface area contributed by atoms with Gasteiger partial charge in [0.05, 0.1) is 6.42 Å². The first-order valence-corrected chi connectivity index (χ1v) is 7.28. The molecular weight excluding hydrogens is 268 g/mol. The summed E-state index contributed by atoms with van der Waals surface area (Å²) in [5.41, 5.74) is 1.68. The normalized spacial score (nSPS) is 15.9. The van der Waals surface area contributed by atoms with Gasteiger partial charge in [0.25, 0.3) is 0 Å². The molecule has 1 fully saturated rings. The second kappa shape index (κ2) is 6.16. The van der Waals surface area contributed by atoms with Crippen LogP contribution in [0.3, 0.4) is 0 Å². The van der Waals surface area contributed by atoms with Crippen molar-refractivity contribution in [2.75, 3.05) is 11.4 Å². The van der Waals surface area contributed by atoms with Gasteiger partial charge in [-0.1, -0.05) is 17.7 Å². The van der Waals surface area contributed by atoms with Gasteiger partial charge in [-0.15, -0.1) is 0 Å². The molecule has 0 atom stereocenters. The summed E-state index contributed by atoms with van der Waals surface area (Å²) in [5, 5.41) is 11.9. The highest BCUT2D eigenvalue weighted by Gasteiger charge is 2.34. The molecule has 1 saturated carbocycles. The number of carbonyl (C=O) groups excluding carboxylic acids is 1. The van der Waals surface area contributed by atoms with Crippen molar-refractivity contribution in [3.8, 4) is 0 Å². The Morgan fingerprint density at radius 2 is 1.90 bits per heavy atom. The van der Waals surface area contributed by atoms with E-state index in [9.17, 15) is 9.59 Å². The molecule has 0 spiro atoms. The lowest BCUT2D eigenvalue weighted by Crippen LogP contribution is -2.55. The van der Waals surface area contributed by atoms with Gasteiger partial charge < -0.3 is 10.4 Å². The molecule has 2 N–H and O–H groups in total. The third-order valence-electron chi connectivity index (χ3n) is 4.01. The Hall–Kier alpha value is -2.04. The summed E-state index contributed by atoms with van der Waals surface area (Å²) in [6.45, 7) is 4.17. The summed E-state index contributed by atoms with van der Waals surface area (Å²) in [6, 6.07) is 7.31. The summed E-state index contributed by atoms with van der Waals surface area (Å²) in [6.07, 6.45) is 2.99. The Morgan fingerprint density at radius 1 is 1.29 bits per heavy atom. The first-order chi connectivity index (χ1) is 9.89. The van der Waals surface area contributed by atoms with Crippen molar-refractivity contribution in [2.45, 2.75) is 45.1 Å². The molecule has 0 unspecified atom stereocenters. The molecule has 0 aliphatic heterocycles. The Kier molecular flexibility index (Phi) is 4.50. The van der Waals surface area contributed by atoms with Gasteiger partial charge in [-0.2, -0.15) is 0 Å². The summed E-state index contributed by atoms with van der Waals surface area (Å²) >= 11 is 0. The van der Waals surface area contributed by atoms with Gasteiger partial charge in [-0.05, 0) is 45.2 Å². The van der Waals surface area contributed by atoms with Crippen LogP contribution in [0.4, 0.5) is 10.5 Å². The van der Waals surface area contributed by atoms with Crippen LogP contribution in [0.25, 0.3) is 0 Å². The highest BCUT2D eigenvalue weighted by atomic mass is 16.4. The van der Waals surface area contributed by atoms with E-state index >= 15 is 0 Å². The first-order valence-electron chi connectivity index (χ1n) is 7.28. The predicted molar refractivity (Wildman–Crippen MR) is 81.6 cm³/mol. The molecule has 0 aromatic heterocycles. The van der Waals surface area contributed by atoms with Gasteiger partial charge in [0.1, 0.15) is 0 Å². The summed E-state index contributed by atoms with van der Waals surface area (Å²) in [5.74, 6) is -0.908. The van der Waals surface area contributed by atoms with E-state index in [0.717, 1.165) is 30.5 Å². The van der Waals surface area contributed by atoms with Crippen LogP contribution in [-0.4, -0.2) is 29.2 Å². The number of amides is 2. The van der Waals surface area contributed by atoms with Crippen molar-refractivity contribution in [3.05, 3.63) is 29.8 Å². The topological polar surface area (TPSA) is 69.6 Å². The Balaban J connectivity index is 2.12. The molecule has 1 aromatic carbocycles. The van der Waals surface area contributed by atoms with Crippen LogP contribution in [0, 0.1) is 6.92 Å². The third-order valence-corrected chi connectivity index (χ3v) is 4.01. The number of carboxylic acids is 1. The zero-order chi connectivity index (χ0) is 15.5. The minimum Gasteiger partial charge on any atom is -0.481 e. The summed E-state index contributed by atoms with van der Waals surface area (Å²) < 4.78 is 0. The van der Waals surface area contributed by atoms with Crippen molar-refractivity contribution < 1.29 is 14.7 Å². The van der Waals surface area contributed by atoms with Crippen LogP contribution in [-0.2, 0) is 4.79 Å². The molecular formula is C16H22N2O3. The minimum atomic E-state index is -0.908. The maximum Gasteiger partial charge on any atom is 0.322 e. The lowest BCUT2D eigenvalue weighted by molar-refractivity contribution is -0.136. The number of hydrogen-bond donors (Lipinski definition) is 2. The van der Waals surface area contributed by atoms with Crippen LogP contribution < -0.4 is 10.2 Å². The van der Waals surface area contributed by atoms with Crippen LogP contribution in [0.2, 0.25) is 0 Å². The zero-order valence-corrected chi connectivity index (χ0v) is 12.6. The number of benzene rings is 1. The quantitative estimate of drug-likeness (QED) is 0.876.